The van der Waals surface area contributed by atoms with E-state index in [0.29, 0.717) is 19.0 Å². The molecule has 1 aliphatic heterocycles. The summed E-state index contributed by atoms with van der Waals surface area (Å²) in [5.74, 6) is 0.206. The standard InChI is InChI=1S/C20H30N2O2/c1-4-19-12-8-9-14-22(19)20(24)13-15-21(17(3)23)16(2)18-10-6-5-7-11-18/h5-7,10-11,16,19H,4,8-9,12-15H2,1-3H3. The van der Waals surface area contributed by atoms with Crippen LogP contribution in [0.1, 0.15) is 64.5 Å². The molecule has 4 nitrogen and oxygen atoms in total. The van der Waals surface area contributed by atoms with Gasteiger partial charge in [-0.15, -0.1) is 0 Å². The zero-order chi connectivity index (χ0) is 17.5. The molecule has 0 aromatic heterocycles. The Labute approximate surface area is 145 Å². The van der Waals surface area contributed by atoms with E-state index in [9.17, 15) is 9.59 Å². The summed E-state index contributed by atoms with van der Waals surface area (Å²) in [6.45, 7) is 7.11. The minimum atomic E-state index is -0.0140. The van der Waals surface area contributed by atoms with E-state index in [4.69, 9.17) is 0 Å². The van der Waals surface area contributed by atoms with Crippen molar-refractivity contribution in [3.8, 4) is 0 Å². The number of amides is 2. The molecule has 4 heteroatoms. The van der Waals surface area contributed by atoms with Crippen molar-refractivity contribution in [1.29, 1.82) is 0 Å². The Morgan fingerprint density at radius 3 is 2.58 bits per heavy atom. The van der Waals surface area contributed by atoms with Gasteiger partial charge in [-0.05, 0) is 38.2 Å². The van der Waals surface area contributed by atoms with Gasteiger partial charge in [0.2, 0.25) is 11.8 Å². The van der Waals surface area contributed by atoms with Crippen LogP contribution in [-0.4, -0.2) is 40.7 Å². The summed E-state index contributed by atoms with van der Waals surface area (Å²) in [5.41, 5.74) is 1.10. The molecule has 1 heterocycles. The van der Waals surface area contributed by atoms with Crippen LogP contribution in [0.5, 0.6) is 0 Å². The van der Waals surface area contributed by atoms with Crippen LogP contribution in [-0.2, 0) is 9.59 Å². The molecule has 0 spiro atoms. The van der Waals surface area contributed by atoms with Crippen LogP contribution in [0.15, 0.2) is 30.3 Å². The molecule has 2 amide bonds. The molecule has 1 fully saturated rings. The van der Waals surface area contributed by atoms with E-state index in [1.165, 1.54) is 6.42 Å². The van der Waals surface area contributed by atoms with Gasteiger partial charge in [-0.3, -0.25) is 9.59 Å². The average Bonchev–Trinajstić information content (AvgIpc) is 2.61. The molecule has 1 aromatic carbocycles. The maximum absolute atomic E-state index is 12.6. The first kappa shape index (κ1) is 18.5. The van der Waals surface area contributed by atoms with Crippen LogP contribution in [0.3, 0.4) is 0 Å². The minimum Gasteiger partial charge on any atom is -0.340 e. The SMILES string of the molecule is CCC1CCCCN1C(=O)CCN(C(C)=O)C(C)c1ccccc1. The van der Waals surface area contributed by atoms with Gasteiger partial charge >= 0.3 is 0 Å². The molecule has 0 aliphatic carbocycles. The molecule has 0 radical (unpaired) electrons. The molecule has 132 valence electrons. The van der Waals surface area contributed by atoms with Gasteiger partial charge in [0.1, 0.15) is 0 Å². The van der Waals surface area contributed by atoms with Crippen LogP contribution >= 0.6 is 0 Å². The Kier molecular flexibility index (Phi) is 6.83. The maximum Gasteiger partial charge on any atom is 0.224 e. The first-order valence-electron chi connectivity index (χ1n) is 9.16. The van der Waals surface area contributed by atoms with Crippen molar-refractivity contribution in [2.75, 3.05) is 13.1 Å². The van der Waals surface area contributed by atoms with E-state index in [1.807, 2.05) is 42.2 Å². The predicted octanol–water partition coefficient (Wildman–Crippen LogP) is 3.78. The zero-order valence-electron chi connectivity index (χ0n) is 15.2. The van der Waals surface area contributed by atoms with Crippen molar-refractivity contribution in [3.05, 3.63) is 35.9 Å². The van der Waals surface area contributed by atoms with E-state index in [0.717, 1.165) is 31.4 Å². The van der Waals surface area contributed by atoms with E-state index in [2.05, 4.69) is 6.92 Å². The number of benzene rings is 1. The molecule has 0 bridgehead atoms. The number of hydrogen-bond acceptors (Lipinski definition) is 2. The Balaban J connectivity index is 1.98. The lowest BCUT2D eigenvalue weighted by Crippen LogP contribution is -2.45. The summed E-state index contributed by atoms with van der Waals surface area (Å²) in [6, 6.07) is 10.4. The van der Waals surface area contributed by atoms with Crippen LogP contribution in [0.2, 0.25) is 0 Å². The fourth-order valence-electron chi connectivity index (χ4n) is 3.65. The Morgan fingerprint density at radius 2 is 1.96 bits per heavy atom. The molecule has 24 heavy (non-hydrogen) atoms. The lowest BCUT2D eigenvalue weighted by Gasteiger charge is -2.36. The molecule has 0 saturated carbocycles. The number of nitrogens with zero attached hydrogens (tertiary/aromatic N) is 2. The van der Waals surface area contributed by atoms with Crippen molar-refractivity contribution >= 4 is 11.8 Å². The first-order chi connectivity index (χ1) is 11.5. The number of carbonyl (C=O) groups is 2. The van der Waals surface area contributed by atoms with Crippen molar-refractivity contribution in [2.45, 2.75) is 65.0 Å². The maximum atomic E-state index is 12.6. The number of hydrogen-bond donors (Lipinski definition) is 0. The smallest absolute Gasteiger partial charge is 0.224 e. The highest BCUT2D eigenvalue weighted by Gasteiger charge is 2.26. The van der Waals surface area contributed by atoms with Crippen LogP contribution in [0.25, 0.3) is 0 Å². The van der Waals surface area contributed by atoms with Crippen LogP contribution in [0, 0.1) is 0 Å². The third-order valence-electron chi connectivity index (χ3n) is 5.14. The molecule has 1 saturated heterocycles. The topological polar surface area (TPSA) is 40.6 Å². The van der Waals surface area contributed by atoms with Gasteiger partial charge in [0.15, 0.2) is 0 Å². The second-order valence-corrected chi connectivity index (χ2v) is 6.69. The normalized spacial score (nSPS) is 19.0. The molecular weight excluding hydrogens is 300 g/mol. The van der Waals surface area contributed by atoms with E-state index < -0.39 is 0 Å². The molecular formula is C20H30N2O2. The van der Waals surface area contributed by atoms with Gasteiger partial charge in [-0.1, -0.05) is 37.3 Å². The van der Waals surface area contributed by atoms with Gasteiger partial charge in [-0.2, -0.15) is 0 Å². The van der Waals surface area contributed by atoms with Gasteiger partial charge in [0, 0.05) is 32.5 Å². The largest absolute Gasteiger partial charge is 0.340 e. The molecule has 2 unspecified atom stereocenters. The summed E-state index contributed by atoms with van der Waals surface area (Å²) in [5, 5.41) is 0. The summed E-state index contributed by atoms with van der Waals surface area (Å²) in [6.07, 6.45) is 4.85. The molecule has 2 rings (SSSR count). The fourth-order valence-corrected chi connectivity index (χ4v) is 3.65. The van der Waals surface area contributed by atoms with Gasteiger partial charge in [0.25, 0.3) is 0 Å². The predicted molar refractivity (Wildman–Crippen MR) is 96.5 cm³/mol. The highest BCUT2D eigenvalue weighted by molar-refractivity contribution is 5.78. The highest BCUT2D eigenvalue weighted by atomic mass is 16.2. The third kappa shape index (κ3) is 4.59. The van der Waals surface area contributed by atoms with Crippen LogP contribution < -0.4 is 0 Å². The number of rotatable bonds is 6. The van der Waals surface area contributed by atoms with Crippen molar-refractivity contribution in [2.24, 2.45) is 0 Å². The molecule has 1 aliphatic rings. The molecule has 1 aromatic rings. The summed E-state index contributed by atoms with van der Waals surface area (Å²) in [7, 11) is 0. The number of piperidine rings is 1. The molecule has 2 atom stereocenters. The zero-order valence-corrected chi connectivity index (χ0v) is 15.2. The third-order valence-corrected chi connectivity index (χ3v) is 5.14. The fraction of sp³-hybridized carbons (Fsp3) is 0.600. The second kappa shape index (κ2) is 8.86. The highest BCUT2D eigenvalue weighted by Crippen LogP contribution is 2.23. The van der Waals surface area contributed by atoms with Gasteiger partial charge in [0.05, 0.1) is 6.04 Å². The minimum absolute atomic E-state index is 0.0140. The molecule has 0 N–H and O–H groups in total. The Hall–Kier alpha value is -1.84. The lowest BCUT2D eigenvalue weighted by atomic mass is 9.99. The van der Waals surface area contributed by atoms with Gasteiger partial charge in [-0.25, -0.2) is 0 Å². The van der Waals surface area contributed by atoms with Gasteiger partial charge < -0.3 is 9.80 Å². The summed E-state index contributed by atoms with van der Waals surface area (Å²) < 4.78 is 0. The van der Waals surface area contributed by atoms with Crippen molar-refractivity contribution in [3.63, 3.8) is 0 Å². The van der Waals surface area contributed by atoms with Crippen LogP contribution in [0.4, 0.5) is 0 Å². The number of carbonyl (C=O) groups excluding carboxylic acids is 2. The quantitative estimate of drug-likeness (QED) is 0.796. The Bertz CT molecular complexity index is 544. The number of likely N-dealkylation sites (tertiary alicyclic amines) is 1. The van der Waals surface area contributed by atoms with E-state index in [-0.39, 0.29) is 17.9 Å². The van der Waals surface area contributed by atoms with E-state index in [1.54, 1.807) is 11.8 Å². The van der Waals surface area contributed by atoms with Crippen molar-refractivity contribution < 1.29 is 9.59 Å². The first-order valence-corrected chi connectivity index (χ1v) is 9.16. The van der Waals surface area contributed by atoms with Crippen molar-refractivity contribution in [1.82, 2.24) is 9.80 Å². The summed E-state index contributed by atoms with van der Waals surface area (Å²) >= 11 is 0. The lowest BCUT2D eigenvalue weighted by molar-refractivity contribution is -0.137. The average molecular weight is 330 g/mol. The Morgan fingerprint density at radius 1 is 1.25 bits per heavy atom. The van der Waals surface area contributed by atoms with E-state index >= 15 is 0 Å². The summed E-state index contributed by atoms with van der Waals surface area (Å²) in [4.78, 5) is 28.6. The monoisotopic (exact) mass is 330 g/mol. The second-order valence-electron chi connectivity index (χ2n) is 6.69.